The normalized spacial score (nSPS) is 13.8. The third kappa shape index (κ3) is 5.50. The topological polar surface area (TPSA) is 79.4 Å². The van der Waals surface area contributed by atoms with Crippen molar-refractivity contribution in [2.45, 2.75) is 11.3 Å². The molecule has 9 heteroatoms. The van der Waals surface area contributed by atoms with Gasteiger partial charge in [0.2, 0.25) is 11.0 Å². The first kappa shape index (κ1) is 20.6. The number of hydrogen-bond acceptors (Lipinski definition) is 8. The third-order valence-corrected chi connectivity index (χ3v) is 6.62. The molecule has 1 fully saturated rings. The highest BCUT2D eigenvalue weighted by atomic mass is 32.2. The van der Waals surface area contributed by atoms with Crippen LogP contribution in [0.2, 0.25) is 0 Å². The van der Waals surface area contributed by atoms with Crippen molar-refractivity contribution in [1.29, 1.82) is 0 Å². The minimum atomic E-state index is -0.0669. The van der Waals surface area contributed by atoms with Crippen LogP contribution in [0.15, 0.2) is 52.9 Å². The molecule has 1 aromatic heterocycles. The molecule has 156 valence electrons. The number of carbonyl (C=O) groups is 1. The number of aryl methyl sites for hydroxylation is 1. The summed E-state index contributed by atoms with van der Waals surface area (Å²) >= 11 is 2.82. The highest BCUT2D eigenvalue weighted by Crippen LogP contribution is 2.28. The number of rotatable bonds is 7. The molecule has 0 aliphatic carbocycles. The predicted molar refractivity (Wildman–Crippen MR) is 123 cm³/mol. The lowest BCUT2D eigenvalue weighted by atomic mass is 10.2. The van der Waals surface area contributed by atoms with Crippen molar-refractivity contribution >= 4 is 51.2 Å². The van der Waals surface area contributed by atoms with Crippen molar-refractivity contribution < 1.29 is 9.53 Å². The largest absolute Gasteiger partial charge is 0.378 e. The Kier molecular flexibility index (Phi) is 6.83. The van der Waals surface area contributed by atoms with E-state index in [0.29, 0.717) is 5.13 Å². The summed E-state index contributed by atoms with van der Waals surface area (Å²) < 4.78 is 6.14. The summed E-state index contributed by atoms with van der Waals surface area (Å²) in [4.78, 5) is 14.6. The molecular formula is C21H23N5O2S2. The van der Waals surface area contributed by atoms with Crippen molar-refractivity contribution in [3.8, 4) is 0 Å². The number of ether oxygens (including phenoxy) is 1. The summed E-state index contributed by atoms with van der Waals surface area (Å²) in [6.07, 6.45) is 0. The average Bonchev–Trinajstić information content (AvgIpc) is 3.22. The second kappa shape index (κ2) is 9.92. The van der Waals surface area contributed by atoms with Crippen LogP contribution in [-0.4, -0.2) is 48.2 Å². The van der Waals surface area contributed by atoms with Gasteiger partial charge in [-0.3, -0.25) is 4.79 Å². The molecule has 0 bridgehead atoms. The van der Waals surface area contributed by atoms with E-state index >= 15 is 0 Å². The molecule has 0 atom stereocenters. The summed E-state index contributed by atoms with van der Waals surface area (Å²) in [6.45, 7) is 5.33. The monoisotopic (exact) mass is 441 g/mol. The van der Waals surface area contributed by atoms with Crippen molar-refractivity contribution in [3.63, 3.8) is 0 Å². The van der Waals surface area contributed by atoms with E-state index in [2.05, 4.69) is 25.7 Å². The van der Waals surface area contributed by atoms with Gasteiger partial charge in [0.25, 0.3) is 0 Å². The van der Waals surface area contributed by atoms with Gasteiger partial charge >= 0.3 is 0 Å². The Bertz CT molecular complexity index is 987. The number of amides is 1. The number of thioether (sulfide) groups is 1. The SMILES string of the molecule is Cc1ccccc1Nc1nnc(SCC(=O)Nc2ccc(N3CCOCC3)cc2)s1. The maximum atomic E-state index is 12.3. The molecule has 1 saturated heterocycles. The highest BCUT2D eigenvalue weighted by Gasteiger charge is 2.12. The second-order valence-electron chi connectivity index (χ2n) is 6.80. The van der Waals surface area contributed by atoms with Crippen molar-refractivity contribution in [2.24, 2.45) is 0 Å². The molecule has 1 aliphatic heterocycles. The minimum absolute atomic E-state index is 0.0669. The molecular weight excluding hydrogens is 418 g/mol. The summed E-state index contributed by atoms with van der Waals surface area (Å²) in [5.74, 6) is 0.215. The molecule has 2 heterocycles. The fourth-order valence-corrected chi connectivity index (χ4v) is 4.61. The number of aromatic nitrogens is 2. The van der Waals surface area contributed by atoms with Gasteiger partial charge in [-0.15, -0.1) is 10.2 Å². The van der Waals surface area contributed by atoms with Crippen molar-refractivity contribution in [2.75, 3.05) is 47.6 Å². The Morgan fingerprint density at radius 2 is 1.90 bits per heavy atom. The summed E-state index contributed by atoms with van der Waals surface area (Å²) in [6, 6.07) is 15.9. The second-order valence-corrected chi connectivity index (χ2v) is 9.00. The molecule has 0 radical (unpaired) electrons. The van der Waals surface area contributed by atoms with E-state index in [1.807, 2.05) is 55.5 Å². The molecule has 1 aliphatic rings. The van der Waals surface area contributed by atoms with Gasteiger partial charge < -0.3 is 20.3 Å². The van der Waals surface area contributed by atoms with Gasteiger partial charge in [-0.25, -0.2) is 0 Å². The third-order valence-electron chi connectivity index (χ3n) is 4.65. The first-order valence-electron chi connectivity index (χ1n) is 9.69. The zero-order chi connectivity index (χ0) is 20.8. The summed E-state index contributed by atoms with van der Waals surface area (Å²) in [5.41, 5.74) is 4.08. The Hall–Kier alpha value is -2.62. The highest BCUT2D eigenvalue weighted by molar-refractivity contribution is 8.01. The zero-order valence-electron chi connectivity index (χ0n) is 16.6. The molecule has 3 aromatic rings. The van der Waals surface area contributed by atoms with E-state index in [0.717, 1.165) is 53.3 Å². The molecule has 0 unspecified atom stereocenters. The lowest BCUT2D eigenvalue weighted by Crippen LogP contribution is -2.36. The molecule has 7 nitrogen and oxygen atoms in total. The first-order valence-corrected chi connectivity index (χ1v) is 11.5. The Morgan fingerprint density at radius 3 is 2.67 bits per heavy atom. The standard InChI is InChI=1S/C21H23N5O2S2/c1-15-4-2-3-5-18(15)23-20-24-25-21(30-20)29-14-19(27)22-16-6-8-17(9-7-16)26-10-12-28-13-11-26/h2-9H,10-14H2,1H3,(H,22,27)(H,23,24). The van der Waals surface area contributed by atoms with Crippen LogP contribution in [0.1, 0.15) is 5.56 Å². The number of para-hydroxylation sites is 1. The van der Waals surface area contributed by atoms with Crippen molar-refractivity contribution in [3.05, 3.63) is 54.1 Å². The van der Waals surface area contributed by atoms with Crippen LogP contribution in [0.5, 0.6) is 0 Å². The van der Waals surface area contributed by atoms with E-state index < -0.39 is 0 Å². The quantitative estimate of drug-likeness (QED) is 0.533. The number of benzene rings is 2. The number of carbonyl (C=O) groups excluding carboxylic acids is 1. The summed E-state index contributed by atoms with van der Waals surface area (Å²) in [7, 11) is 0. The number of hydrogen-bond donors (Lipinski definition) is 2. The van der Waals surface area contributed by atoms with Crippen LogP contribution >= 0.6 is 23.1 Å². The maximum Gasteiger partial charge on any atom is 0.234 e. The molecule has 2 aromatic carbocycles. The van der Waals surface area contributed by atoms with Crippen LogP contribution in [0, 0.1) is 6.92 Å². The van der Waals surface area contributed by atoms with Gasteiger partial charge in [-0.1, -0.05) is 41.3 Å². The zero-order valence-corrected chi connectivity index (χ0v) is 18.3. The van der Waals surface area contributed by atoms with Crippen LogP contribution in [0.3, 0.4) is 0 Å². The van der Waals surface area contributed by atoms with Gasteiger partial charge in [-0.05, 0) is 42.8 Å². The molecule has 1 amide bonds. The van der Waals surface area contributed by atoms with Gasteiger partial charge in [-0.2, -0.15) is 0 Å². The lowest BCUT2D eigenvalue weighted by molar-refractivity contribution is -0.113. The lowest BCUT2D eigenvalue weighted by Gasteiger charge is -2.28. The van der Waals surface area contributed by atoms with Crippen LogP contribution in [0.25, 0.3) is 0 Å². The number of morpholine rings is 1. The van der Waals surface area contributed by atoms with Crippen molar-refractivity contribution in [1.82, 2.24) is 10.2 Å². The van der Waals surface area contributed by atoms with E-state index in [1.54, 1.807) is 0 Å². The van der Waals surface area contributed by atoms with E-state index in [1.165, 1.54) is 23.1 Å². The van der Waals surface area contributed by atoms with E-state index in [9.17, 15) is 4.79 Å². The van der Waals surface area contributed by atoms with Crippen LogP contribution < -0.4 is 15.5 Å². The number of anilines is 4. The molecule has 0 saturated carbocycles. The van der Waals surface area contributed by atoms with Crippen LogP contribution in [-0.2, 0) is 9.53 Å². The fraction of sp³-hybridized carbons (Fsp3) is 0.286. The number of nitrogens with one attached hydrogen (secondary N) is 2. The Balaban J connectivity index is 1.26. The Labute approximate surface area is 183 Å². The first-order chi connectivity index (χ1) is 14.7. The van der Waals surface area contributed by atoms with E-state index in [4.69, 9.17) is 4.74 Å². The number of nitrogens with zero attached hydrogens (tertiary/aromatic N) is 3. The van der Waals surface area contributed by atoms with Gasteiger partial charge in [0.1, 0.15) is 0 Å². The summed E-state index contributed by atoms with van der Waals surface area (Å²) in [5, 5.41) is 15.2. The Morgan fingerprint density at radius 1 is 1.13 bits per heavy atom. The molecule has 4 rings (SSSR count). The van der Waals surface area contributed by atoms with Gasteiger partial charge in [0, 0.05) is 30.2 Å². The minimum Gasteiger partial charge on any atom is -0.378 e. The average molecular weight is 442 g/mol. The van der Waals surface area contributed by atoms with Gasteiger partial charge in [0.05, 0.1) is 19.0 Å². The van der Waals surface area contributed by atoms with Gasteiger partial charge in [0.15, 0.2) is 4.34 Å². The van der Waals surface area contributed by atoms with E-state index in [-0.39, 0.29) is 11.7 Å². The molecule has 30 heavy (non-hydrogen) atoms. The smallest absolute Gasteiger partial charge is 0.234 e. The fourth-order valence-electron chi connectivity index (χ4n) is 3.05. The molecule has 2 N–H and O–H groups in total. The van der Waals surface area contributed by atoms with Crippen LogP contribution in [0.4, 0.5) is 22.2 Å². The maximum absolute atomic E-state index is 12.3. The molecule has 0 spiro atoms. The predicted octanol–water partition coefficient (Wildman–Crippen LogP) is 4.16.